The molecule has 34 heavy (non-hydrogen) atoms. The number of likely N-dealkylation sites (tertiary alicyclic amines) is 1. The summed E-state index contributed by atoms with van der Waals surface area (Å²) in [7, 11) is 0. The molecule has 0 aromatic rings. The lowest BCUT2D eigenvalue weighted by Crippen LogP contribution is -2.33. The van der Waals surface area contributed by atoms with Gasteiger partial charge in [0.1, 0.15) is 0 Å². The highest BCUT2D eigenvalue weighted by atomic mass is 79.9. The molecule has 0 aromatic heterocycles. The quantitative estimate of drug-likeness (QED) is 0.321. The number of halogens is 1. The third kappa shape index (κ3) is 9.10. The Kier molecular flexibility index (Phi) is 14.1. The summed E-state index contributed by atoms with van der Waals surface area (Å²) in [5, 5.41) is 0. The van der Waals surface area contributed by atoms with Gasteiger partial charge in [-0.15, -0.1) is 0 Å². The third-order valence-electron chi connectivity index (χ3n) is 6.51. The lowest BCUT2D eigenvalue weighted by Gasteiger charge is -2.29. The number of allylic oxidation sites excluding steroid dienone is 6. The Balaban J connectivity index is 0.00000199. The van der Waals surface area contributed by atoms with Crippen molar-refractivity contribution in [3.63, 3.8) is 0 Å². The minimum absolute atomic E-state index is 0.0216. The van der Waals surface area contributed by atoms with Gasteiger partial charge < -0.3 is 19.3 Å². The molecule has 0 N–H and O–H groups in total. The van der Waals surface area contributed by atoms with Crippen LogP contribution in [0.4, 0.5) is 0 Å². The maximum absolute atomic E-state index is 12.7. The Morgan fingerprint density at radius 1 is 1.18 bits per heavy atom. The normalized spacial score (nSPS) is 21.1. The van der Waals surface area contributed by atoms with Crippen LogP contribution >= 0.6 is 15.9 Å². The molecular weight excluding hydrogens is 492 g/mol. The fraction of sp³-hybridized carbons (Fsp3) is 0.679. The fourth-order valence-electron chi connectivity index (χ4n) is 4.46. The first kappa shape index (κ1) is 29.0. The van der Waals surface area contributed by atoms with Crippen LogP contribution in [0.1, 0.15) is 72.6 Å². The lowest BCUT2D eigenvalue weighted by atomic mass is 10.0. The molecule has 192 valence electrons. The third-order valence-corrected chi connectivity index (χ3v) is 7.53. The van der Waals surface area contributed by atoms with Crippen LogP contribution in [0.5, 0.6) is 0 Å². The number of hydrogen-bond acceptors (Lipinski definition) is 4. The zero-order chi connectivity index (χ0) is 24.8. The maximum Gasteiger partial charge on any atom is 0.250 e. The van der Waals surface area contributed by atoms with Crippen LogP contribution in [0.2, 0.25) is 0 Å². The molecule has 2 aliphatic heterocycles. The second-order valence-electron chi connectivity index (χ2n) is 8.68. The molecule has 0 saturated carbocycles. The van der Waals surface area contributed by atoms with E-state index in [0.29, 0.717) is 6.42 Å². The summed E-state index contributed by atoms with van der Waals surface area (Å²) in [6, 6.07) is 0. The van der Waals surface area contributed by atoms with Gasteiger partial charge in [0, 0.05) is 49.4 Å². The first-order valence-electron chi connectivity index (χ1n) is 13.3. The molecule has 1 unspecified atom stereocenters. The summed E-state index contributed by atoms with van der Waals surface area (Å²) in [5.74, 6) is 0.147. The number of amides is 1. The zero-order valence-corrected chi connectivity index (χ0v) is 23.4. The van der Waals surface area contributed by atoms with E-state index >= 15 is 0 Å². The molecule has 0 spiro atoms. The number of carbonyl (C=O) groups is 1. The van der Waals surface area contributed by atoms with E-state index in [0.717, 1.165) is 89.2 Å². The van der Waals surface area contributed by atoms with E-state index in [1.807, 2.05) is 38.7 Å². The molecule has 0 aromatic carbocycles. The number of piperidine rings is 1. The minimum atomic E-state index is 0.0216. The van der Waals surface area contributed by atoms with Crippen molar-refractivity contribution < 1.29 is 14.3 Å². The maximum atomic E-state index is 12.7. The lowest BCUT2D eigenvalue weighted by molar-refractivity contribution is -0.163. The molecule has 0 bridgehead atoms. The van der Waals surface area contributed by atoms with Gasteiger partial charge in [-0.3, -0.25) is 4.79 Å². The van der Waals surface area contributed by atoms with Crippen molar-refractivity contribution in [2.45, 2.75) is 78.9 Å². The number of nitrogens with zero attached hydrogens (tertiary/aromatic N) is 2. The van der Waals surface area contributed by atoms with Gasteiger partial charge in [-0.05, 0) is 64.4 Å². The smallest absolute Gasteiger partial charge is 0.250 e. The summed E-state index contributed by atoms with van der Waals surface area (Å²) in [6.07, 6.45) is 15.7. The van der Waals surface area contributed by atoms with E-state index in [9.17, 15) is 4.79 Å². The van der Waals surface area contributed by atoms with Crippen molar-refractivity contribution >= 4 is 21.8 Å². The Hall–Kier alpha value is -1.21. The van der Waals surface area contributed by atoms with E-state index in [2.05, 4.69) is 39.1 Å². The van der Waals surface area contributed by atoms with Crippen molar-refractivity contribution in [3.05, 3.63) is 45.5 Å². The molecule has 6 heteroatoms. The second kappa shape index (κ2) is 16.5. The van der Waals surface area contributed by atoms with Gasteiger partial charge in [0.25, 0.3) is 0 Å². The monoisotopic (exact) mass is 536 g/mol. The van der Waals surface area contributed by atoms with E-state index < -0.39 is 0 Å². The summed E-state index contributed by atoms with van der Waals surface area (Å²) >= 11 is 3.86. The summed E-state index contributed by atoms with van der Waals surface area (Å²) in [4.78, 5) is 17.1. The van der Waals surface area contributed by atoms with Crippen LogP contribution in [-0.4, -0.2) is 67.9 Å². The summed E-state index contributed by atoms with van der Waals surface area (Å²) in [6.45, 7) is 14.4. The van der Waals surface area contributed by atoms with Crippen LogP contribution in [0.15, 0.2) is 45.5 Å². The van der Waals surface area contributed by atoms with Crippen LogP contribution in [0.25, 0.3) is 0 Å². The van der Waals surface area contributed by atoms with Crippen molar-refractivity contribution in [2.75, 3.05) is 45.9 Å². The van der Waals surface area contributed by atoms with E-state index in [4.69, 9.17) is 9.47 Å². The average molecular weight is 538 g/mol. The highest BCUT2D eigenvalue weighted by Crippen LogP contribution is 2.31. The average Bonchev–Trinajstić information content (AvgIpc) is 3.15. The van der Waals surface area contributed by atoms with Crippen molar-refractivity contribution in [2.24, 2.45) is 0 Å². The molecule has 1 atom stereocenters. The number of likely N-dealkylation sites (N-methyl/N-ethyl adjacent to an activating group) is 1. The van der Waals surface area contributed by atoms with Gasteiger partial charge in [0.2, 0.25) is 5.91 Å². The molecule has 1 aliphatic carbocycles. The highest BCUT2D eigenvalue weighted by Gasteiger charge is 2.19. The molecule has 3 rings (SSSR count). The molecule has 2 fully saturated rings. The first-order valence-corrected chi connectivity index (χ1v) is 14.1. The number of rotatable bonds is 9. The van der Waals surface area contributed by atoms with Gasteiger partial charge >= 0.3 is 0 Å². The molecule has 2 heterocycles. The van der Waals surface area contributed by atoms with E-state index in [1.165, 1.54) is 16.5 Å². The Bertz CT molecular complexity index is 737. The fourth-order valence-corrected chi connectivity index (χ4v) is 5.12. The Morgan fingerprint density at radius 3 is 2.56 bits per heavy atom. The van der Waals surface area contributed by atoms with Gasteiger partial charge in [-0.1, -0.05) is 59.7 Å². The van der Waals surface area contributed by atoms with Gasteiger partial charge in [0.05, 0.1) is 6.61 Å². The number of carbonyl (C=O) groups excluding carboxylic acids is 1. The van der Waals surface area contributed by atoms with E-state index in [1.54, 1.807) is 0 Å². The molecule has 1 amide bonds. The van der Waals surface area contributed by atoms with Gasteiger partial charge in [-0.25, -0.2) is 0 Å². The second-order valence-corrected chi connectivity index (χ2v) is 9.47. The molecule has 5 nitrogen and oxygen atoms in total. The van der Waals surface area contributed by atoms with Crippen molar-refractivity contribution in [1.29, 1.82) is 0 Å². The summed E-state index contributed by atoms with van der Waals surface area (Å²) in [5.41, 5.74) is 3.49. The van der Waals surface area contributed by atoms with Crippen LogP contribution in [-0.2, 0) is 14.3 Å². The minimum Gasteiger partial charge on any atom is -0.353 e. The Labute approximate surface area is 216 Å². The largest absolute Gasteiger partial charge is 0.353 e. The molecule has 0 radical (unpaired) electrons. The van der Waals surface area contributed by atoms with Crippen LogP contribution < -0.4 is 0 Å². The van der Waals surface area contributed by atoms with Gasteiger partial charge in [0.15, 0.2) is 6.29 Å². The predicted octanol–water partition coefficient (Wildman–Crippen LogP) is 6.37. The highest BCUT2D eigenvalue weighted by molar-refractivity contribution is 9.12. The number of hydrogen-bond donors (Lipinski definition) is 0. The van der Waals surface area contributed by atoms with Crippen molar-refractivity contribution in [3.8, 4) is 0 Å². The van der Waals surface area contributed by atoms with E-state index in [-0.39, 0.29) is 12.2 Å². The Morgan fingerprint density at radius 2 is 1.91 bits per heavy atom. The predicted molar refractivity (Wildman–Crippen MR) is 145 cm³/mol. The van der Waals surface area contributed by atoms with Crippen LogP contribution in [0, 0.1) is 0 Å². The molecule has 2 saturated heterocycles. The van der Waals surface area contributed by atoms with Crippen LogP contribution in [0.3, 0.4) is 0 Å². The standard InChI is InChI=1S/C26H39BrN2O3.C2H6/c1-3-29(4-2)26(30)23-10-7-9-21(12-13-23)25(27)22-14-17-28(18-15-22)16-8-20-32-24-11-5-6-19-31-24;1-2/h7,9,12-13,24H,3-6,8,10-11,14-20H2,1-2H3;1-2H3. The SMILES string of the molecule is CC.CCN(CC)C(=O)C1=CC=C(C(Br)=C2CCN(CCCOC3CCCCO3)CC2)C=CC1. The van der Waals surface area contributed by atoms with Crippen molar-refractivity contribution in [1.82, 2.24) is 9.80 Å². The van der Waals surface area contributed by atoms with Gasteiger partial charge in [-0.2, -0.15) is 0 Å². The zero-order valence-electron chi connectivity index (χ0n) is 21.8. The molecule has 3 aliphatic rings. The number of ether oxygens (including phenoxy) is 2. The topological polar surface area (TPSA) is 42.0 Å². The first-order chi connectivity index (χ1) is 16.6. The summed E-state index contributed by atoms with van der Waals surface area (Å²) < 4.78 is 12.7. The molecular formula is C28H45BrN2O3.